The molecule has 4 heterocycles. The van der Waals surface area contributed by atoms with Gasteiger partial charge in [0.2, 0.25) is 0 Å². The number of hydrogen-bond donors (Lipinski definition) is 1. The molecule has 1 saturated heterocycles. The first-order chi connectivity index (χ1) is 13.0. The van der Waals surface area contributed by atoms with E-state index in [2.05, 4.69) is 45.9 Å². The van der Waals surface area contributed by atoms with E-state index in [0.717, 1.165) is 38.2 Å². The Labute approximate surface area is 156 Å². The maximum Gasteiger partial charge on any atom is 0.333 e. The molecular weight excluding hydrogens is 344 g/mol. The molecule has 1 N–H and O–H groups in total. The van der Waals surface area contributed by atoms with E-state index >= 15 is 0 Å². The molecule has 0 amide bonds. The second-order valence-electron chi connectivity index (χ2n) is 7.28. The van der Waals surface area contributed by atoms with Crippen molar-refractivity contribution >= 4 is 5.52 Å². The lowest BCUT2D eigenvalue weighted by Crippen LogP contribution is -2.48. The molecule has 8 nitrogen and oxygen atoms in total. The Hall–Kier alpha value is -2.71. The third-order valence-corrected chi connectivity index (χ3v) is 5.19. The third kappa shape index (κ3) is 3.58. The highest BCUT2D eigenvalue weighted by Gasteiger charge is 2.19. The zero-order valence-corrected chi connectivity index (χ0v) is 15.6. The van der Waals surface area contributed by atoms with Crippen molar-refractivity contribution in [1.82, 2.24) is 29.0 Å². The van der Waals surface area contributed by atoms with Gasteiger partial charge in [-0.1, -0.05) is 0 Å². The zero-order valence-electron chi connectivity index (χ0n) is 15.6. The number of rotatable bonds is 4. The van der Waals surface area contributed by atoms with Crippen LogP contribution in [0.4, 0.5) is 0 Å². The van der Waals surface area contributed by atoms with Crippen molar-refractivity contribution in [2.24, 2.45) is 0 Å². The summed E-state index contributed by atoms with van der Waals surface area (Å²) in [5, 5.41) is 4.32. The molecule has 0 unspecified atom stereocenters. The Kier molecular flexibility index (Phi) is 4.67. The van der Waals surface area contributed by atoms with Crippen molar-refractivity contribution in [3.63, 3.8) is 0 Å². The maximum atomic E-state index is 12.1. The molecule has 4 rings (SSSR count). The van der Waals surface area contributed by atoms with Gasteiger partial charge in [-0.15, -0.1) is 0 Å². The molecule has 142 valence electrons. The quantitative estimate of drug-likeness (QED) is 0.733. The molecule has 0 saturated carbocycles. The summed E-state index contributed by atoms with van der Waals surface area (Å²) < 4.78 is 3.15. The molecule has 0 bridgehead atoms. The predicted molar refractivity (Wildman–Crippen MR) is 103 cm³/mol. The third-order valence-electron chi connectivity index (χ3n) is 5.19. The number of H-pyrrole nitrogens is 1. The highest BCUT2D eigenvalue weighted by Crippen LogP contribution is 2.17. The van der Waals surface area contributed by atoms with Crippen molar-refractivity contribution in [2.45, 2.75) is 26.4 Å². The molecule has 0 radical (unpaired) electrons. The van der Waals surface area contributed by atoms with E-state index in [1.807, 2.05) is 6.20 Å². The maximum absolute atomic E-state index is 12.1. The number of aromatic nitrogens is 4. The van der Waals surface area contributed by atoms with Crippen molar-refractivity contribution in [2.75, 3.05) is 26.2 Å². The van der Waals surface area contributed by atoms with Gasteiger partial charge >= 0.3 is 5.69 Å². The second-order valence-corrected chi connectivity index (χ2v) is 7.28. The molecule has 3 aromatic rings. The van der Waals surface area contributed by atoms with Crippen LogP contribution in [0.5, 0.6) is 0 Å². The van der Waals surface area contributed by atoms with Crippen LogP contribution in [-0.4, -0.2) is 61.2 Å². The Morgan fingerprint density at radius 3 is 2.59 bits per heavy atom. The van der Waals surface area contributed by atoms with Crippen LogP contribution in [0.1, 0.15) is 19.4 Å². The topological polar surface area (TPSA) is 78.6 Å². The van der Waals surface area contributed by atoms with Crippen molar-refractivity contribution in [1.29, 1.82) is 0 Å². The summed E-state index contributed by atoms with van der Waals surface area (Å²) in [5.41, 5.74) is 1.80. The fraction of sp³-hybridized carbons (Fsp3) is 0.421. The lowest BCUT2D eigenvalue weighted by molar-refractivity contribution is 0.104. The molecule has 0 aromatic carbocycles. The van der Waals surface area contributed by atoms with Gasteiger partial charge in [-0.05, 0) is 31.5 Å². The summed E-state index contributed by atoms with van der Waals surface area (Å²) in [6.45, 7) is 9.62. The summed E-state index contributed by atoms with van der Waals surface area (Å²) in [6.07, 6.45) is 5.03. The minimum Gasteiger partial charge on any atom is -0.298 e. The number of nitrogens with zero attached hydrogens (tertiary/aromatic N) is 5. The summed E-state index contributed by atoms with van der Waals surface area (Å²) in [4.78, 5) is 30.7. The van der Waals surface area contributed by atoms with Gasteiger partial charge < -0.3 is 0 Å². The van der Waals surface area contributed by atoms with Crippen molar-refractivity contribution in [3.8, 4) is 5.69 Å². The average Bonchev–Trinajstić information content (AvgIpc) is 3.05. The Bertz CT molecular complexity index is 1060. The van der Waals surface area contributed by atoms with Crippen molar-refractivity contribution in [3.05, 3.63) is 63.2 Å². The van der Waals surface area contributed by atoms with Crippen LogP contribution in [0.3, 0.4) is 0 Å². The van der Waals surface area contributed by atoms with Gasteiger partial charge in [0.25, 0.3) is 5.56 Å². The Balaban J connectivity index is 1.59. The van der Waals surface area contributed by atoms with Crippen LogP contribution in [0.15, 0.2) is 46.4 Å². The highest BCUT2D eigenvalue weighted by atomic mass is 16.2. The van der Waals surface area contributed by atoms with Gasteiger partial charge in [0, 0.05) is 57.2 Å². The molecule has 0 atom stereocenters. The van der Waals surface area contributed by atoms with Crippen molar-refractivity contribution < 1.29 is 0 Å². The largest absolute Gasteiger partial charge is 0.333 e. The summed E-state index contributed by atoms with van der Waals surface area (Å²) in [6, 6.07) is 6.06. The summed E-state index contributed by atoms with van der Waals surface area (Å²) in [7, 11) is 0. The fourth-order valence-electron chi connectivity index (χ4n) is 3.60. The number of pyridine rings is 1. The van der Waals surface area contributed by atoms with Crippen LogP contribution in [0, 0.1) is 0 Å². The van der Waals surface area contributed by atoms with Gasteiger partial charge in [-0.3, -0.25) is 24.1 Å². The van der Waals surface area contributed by atoms with Crippen LogP contribution in [0.2, 0.25) is 0 Å². The highest BCUT2D eigenvalue weighted by molar-refractivity contribution is 5.64. The molecular formula is C19H24N6O2. The lowest BCUT2D eigenvalue weighted by atomic mass is 10.2. The van der Waals surface area contributed by atoms with E-state index < -0.39 is 11.2 Å². The predicted octanol–water partition coefficient (Wildman–Crippen LogP) is 0.700. The van der Waals surface area contributed by atoms with Crippen LogP contribution < -0.4 is 11.2 Å². The van der Waals surface area contributed by atoms with Gasteiger partial charge in [0.1, 0.15) is 0 Å². The smallest absolute Gasteiger partial charge is 0.298 e. The van der Waals surface area contributed by atoms with Gasteiger partial charge in [-0.25, -0.2) is 9.31 Å². The van der Waals surface area contributed by atoms with E-state index in [1.54, 1.807) is 10.7 Å². The van der Waals surface area contributed by atoms with Crippen LogP contribution >= 0.6 is 0 Å². The van der Waals surface area contributed by atoms with Crippen LogP contribution in [-0.2, 0) is 6.54 Å². The minimum absolute atomic E-state index is 0.408. The average molecular weight is 368 g/mol. The second kappa shape index (κ2) is 7.13. The number of nitrogens with one attached hydrogen (secondary N) is 1. The first kappa shape index (κ1) is 17.7. The molecule has 27 heavy (non-hydrogen) atoms. The van der Waals surface area contributed by atoms with E-state index in [-0.39, 0.29) is 0 Å². The van der Waals surface area contributed by atoms with E-state index in [9.17, 15) is 9.59 Å². The molecule has 1 aliphatic rings. The van der Waals surface area contributed by atoms with Gasteiger partial charge in [0.05, 0.1) is 17.4 Å². The van der Waals surface area contributed by atoms with Crippen LogP contribution in [0.25, 0.3) is 11.2 Å². The summed E-state index contributed by atoms with van der Waals surface area (Å²) >= 11 is 0. The molecule has 1 fully saturated rings. The normalized spacial score (nSPS) is 16.4. The first-order valence-electron chi connectivity index (χ1n) is 9.26. The van der Waals surface area contributed by atoms with Gasteiger partial charge in [-0.2, -0.15) is 5.10 Å². The summed E-state index contributed by atoms with van der Waals surface area (Å²) in [5.74, 6) is 0. The number of hydrogen-bond acceptors (Lipinski definition) is 5. The Morgan fingerprint density at radius 2 is 1.89 bits per heavy atom. The number of piperazine rings is 1. The van der Waals surface area contributed by atoms with E-state index in [1.165, 1.54) is 22.4 Å². The molecule has 3 aromatic heterocycles. The van der Waals surface area contributed by atoms with E-state index in [0.29, 0.717) is 11.7 Å². The zero-order chi connectivity index (χ0) is 19.0. The monoisotopic (exact) mass is 368 g/mol. The SMILES string of the molecule is CC(C)N1CCN(Cc2ccn3ncc(-n4ccc(=O)[nH]c4=O)c3c2)CC1. The fourth-order valence-corrected chi connectivity index (χ4v) is 3.60. The molecule has 0 spiro atoms. The number of fused-ring (bicyclic) bond motifs is 1. The molecule has 8 heteroatoms. The standard InChI is InChI=1S/C19H24N6O2/c1-14(2)23-9-7-22(8-10-23)13-15-3-6-25-16(11-15)17(12-20-25)24-5-4-18(26)21-19(24)27/h3-6,11-12,14H,7-10,13H2,1-2H3,(H,21,26,27). The van der Waals surface area contributed by atoms with E-state index in [4.69, 9.17) is 0 Å². The first-order valence-corrected chi connectivity index (χ1v) is 9.26. The molecule has 0 aliphatic carbocycles. The van der Waals surface area contributed by atoms with Gasteiger partial charge in [0.15, 0.2) is 0 Å². The minimum atomic E-state index is -0.465. The molecule has 1 aliphatic heterocycles. The Morgan fingerprint density at radius 1 is 1.11 bits per heavy atom. The number of aromatic amines is 1. The lowest BCUT2D eigenvalue weighted by Gasteiger charge is -2.36.